The Labute approximate surface area is 271 Å². The van der Waals surface area contributed by atoms with Crippen LogP contribution in [-0.4, -0.2) is 59.7 Å². The lowest BCUT2D eigenvalue weighted by molar-refractivity contribution is -0.132. The van der Waals surface area contributed by atoms with Crippen LogP contribution in [-0.2, 0) is 21.0 Å². The fourth-order valence-corrected chi connectivity index (χ4v) is 4.95. The summed E-state index contributed by atoms with van der Waals surface area (Å²) in [6.07, 6.45) is 1.90. The van der Waals surface area contributed by atoms with Gasteiger partial charge in [-0.2, -0.15) is 0 Å². The van der Waals surface area contributed by atoms with Crippen LogP contribution in [0.25, 0.3) is 0 Å². The van der Waals surface area contributed by atoms with Gasteiger partial charge in [-0.1, -0.05) is 42.5 Å². The molecule has 4 amide bonds. The van der Waals surface area contributed by atoms with Crippen molar-refractivity contribution in [1.82, 2.24) is 20.9 Å². The van der Waals surface area contributed by atoms with Gasteiger partial charge in [0.2, 0.25) is 17.7 Å². The van der Waals surface area contributed by atoms with Crippen molar-refractivity contribution in [2.24, 2.45) is 27.9 Å². The zero-order valence-electron chi connectivity index (χ0n) is 25.4. The quantitative estimate of drug-likeness (QED) is 0.0551. The highest BCUT2D eigenvalue weighted by atomic mass is 32.1. The van der Waals surface area contributed by atoms with Gasteiger partial charge in [-0.3, -0.25) is 24.2 Å². The van der Waals surface area contributed by atoms with Gasteiger partial charge in [-0.05, 0) is 61.9 Å². The third kappa shape index (κ3) is 11.8. The van der Waals surface area contributed by atoms with Gasteiger partial charge in [0.25, 0.3) is 5.91 Å². The number of benzene rings is 2. The molecule has 3 rings (SSSR count). The van der Waals surface area contributed by atoms with Crippen LogP contribution in [0.3, 0.4) is 0 Å². The molecule has 0 unspecified atom stereocenters. The number of carbonyl (C=O) groups is 4. The van der Waals surface area contributed by atoms with E-state index in [1.807, 2.05) is 30.3 Å². The summed E-state index contributed by atoms with van der Waals surface area (Å²) in [4.78, 5) is 60.1. The van der Waals surface area contributed by atoms with E-state index in [1.54, 1.807) is 29.6 Å². The molecular formula is C31H41N9O5S. The lowest BCUT2D eigenvalue weighted by atomic mass is 10.0. The Morgan fingerprint density at radius 2 is 1.52 bits per heavy atom. The second-order valence-electron chi connectivity index (χ2n) is 10.4. The predicted octanol–water partition coefficient (Wildman–Crippen LogP) is 0.831. The molecule has 0 aliphatic carbocycles. The van der Waals surface area contributed by atoms with Crippen LogP contribution in [0.2, 0.25) is 0 Å². The Morgan fingerprint density at radius 3 is 2.15 bits per heavy atom. The highest BCUT2D eigenvalue weighted by Crippen LogP contribution is 2.20. The Balaban J connectivity index is 1.71. The number of unbranched alkanes of at least 4 members (excludes halogenated alkanes) is 1. The molecule has 3 aromatic rings. The van der Waals surface area contributed by atoms with E-state index in [-0.39, 0.29) is 31.0 Å². The molecule has 0 bridgehead atoms. The number of thiazole rings is 1. The first-order valence-corrected chi connectivity index (χ1v) is 15.7. The van der Waals surface area contributed by atoms with E-state index in [0.29, 0.717) is 43.7 Å². The summed E-state index contributed by atoms with van der Waals surface area (Å²) in [6, 6.07) is 13.0. The summed E-state index contributed by atoms with van der Waals surface area (Å²) in [5, 5.41) is 9.63. The Hall–Kier alpha value is -5.02. The Kier molecular flexibility index (Phi) is 14.4. The molecular weight excluding hydrogens is 610 g/mol. The molecule has 3 atom stereocenters. The number of nitrogens with zero attached hydrogens (tertiary/aromatic N) is 2. The number of guanidine groups is 1. The van der Waals surface area contributed by atoms with E-state index in [4.69, 9.17) is 27.7 Å². The van der Waals surface area contributed by atoms with Crippen molar-refractivity contribution in [1.29, 1.82) is 0 Å². The topological polar surface area (TPSA) is 243 Å². The summed E-state index contributed by atoms with van der Waals surface area (Å²) < 4.78 is 5.81. The number of ether oxygens (including phenoxy) is 1. The number of aliphatic imine (C=N–C) groups is 1. The summed E-state index contributed by atoms with van der Waals surface area (Å²) in [6.45, 7) is 0.983. The highest BCUT2D eigenvalue weighted by molar-refractivity contribution is 7.07. The molecule has 0 saturated heterocycles. The van der Waals surface area contributed by atoms with Crippen LogP contribution in [0.4, 0.5) is 0 Å². The van der Waals surface area contributed by atoms with E-state index >= 15 is 0 Å². The molecule has 46 heavy (non-hydrogen) atoms. The van der Waals surface area contributed by atoms with E-state index < -0.39 is 41.8 Å². The van der Waals surface area contributed by atoms with Crippen molar-refractivity contribution in [3.63, 3.8) is 0 Å². The lowest BCUT2D eigenvalue weighted by Crippen LogP contribution is -2.54. The first kappa shape index (κ1) is 35.5. The maximum atomic E-state index is 13.5. The average molecular weight is 652 g/mol. The average Bonchev–Trinajstić information content (AvgIpc) is 3.59. The van der Waals surface area contributed by atoms with Crippen LogP contribution in [0.1, 0.15) is 59.8 Å². The van der Waals surface area contributed by atoms with Crippen molar-refractivity contribution in [2.45, 2.75) is 56.8 Å². The van der Waals surface area contributed by atoms with Gasteiger partial charge in [0.05, 0.1) is 5.51 Å². The van der Waals surface area contributed by atoms with Gasteiger partial charge in [0.15, 0.2) is 5.96 Å². The number of carbonyl (C=O) groups excluding carboxylic acids is 4. The number of aromatic nitrogens is 1. The number of rotatable bonds is 19. The van der Waals surface area contributed by atoms with Gasteiger partial charge >= 0.3 is 0 Å². The number of hydrogen-bond donors (Lipinski definition) is 7. The zero-order valence-corrected chi connectivity index (χ0v) is 26.2. The van der Waals surface area contributed by atoms with Crippen LogP contribution >= 0.6 is 11.3 Å². The molecule has 0 saturated carbocycles. The molecule has 0 aliphatic rings. The molecule has 15 heteroatoms. The molecule has 2 aromatic carbocycles. The number of primary amides is 1. The van der Waals surface area contributed by atoms with Crippen LogP contribution in [0, 0.1) is 0 Å². The summed E-state index contributed by atoms with van der Waals surface area (Å²) in [5.74, 6) is -2.08. The fourth-order valence-electron chi connectivity index (χ4n) is 4.42. The maximum Gasteiger partial charge on any atom is 0.271 e. The van der Waals surface area contributed by atoms with Gasteiger partial charge in [0.1, 0.15) is 36.2 Å². The zero-order chi connectivity index (χ0) is 33.3. The first-order valence-electron chi connectivity index (χ1n) is 14.8. The largest absolute Gasteiger partial charge is 0.489 e. The molecule has 11 N–H and O–H groups in total. The predicted molar refractivity (Wildman–Crippen MR) is 175 cm³/mol. The molecule has 1 heterocycles. The number of nitrogens with one attached hydrogen (secondary N) is 3. The van der Waals surface area contributed by atoms with Crippen molar-refractivity contribution < 1.29 is 23.9 Å². The van der Waals surface area contributed by atoms with E-state index in [9.17, 15) is 19.2 Å². The molecule has 0 fully saturated rings. The SMILES string of the molecule is NCCCC[C@H](NC(=O)[C@H](CCCN=C(N)N)NC(=O)c1cscn1)C(=O)N[C@@H](C(N)=O)c1ccc(OCc2ccccc2)cc1. The van der Waals surface area contributed by atoms with Crippen molar-refractivity contribution >= 4 is 40.9 Å². The first-order chi connectivity index (χ1) is 22.2. The minimum Gasteiger partial charge on any atom is -0.489 e. The third-order valence-corrected chi connectivity index (χ3v) is 7.43. The van der Waals surface area contributed by atoms with Crippen molar-refractivity contribution in [2.75, 3.05) is 13.1 Å². The van der Waals surface area contributed by atoms with Crippen molar-refractivity contribution in [3.05, 3.63) is 82.3 Å². The van der Waals surface area contributed by atoms with Crippen molar-refractivity contribution in [3.8, 4) is 5.75 Å². The molecule has 0 aliphatic heterocycles. The normalized spacial score (nSPS) is 12.6. The Morgan fingerprint density at radius 1 is 0.848 bits per heavy atom. The fraction of sp³-hybridized carbons (Fsp3) is 0.355. The molecule has 0 spiro atoms. The second-order valence-corrected chi connectivity index (χ2v) is 11.1. The van der Waals surface area contributed by atoms with Crippen LogP contribution in [0.15, 0.2) is 70.5 Å². The van der Waals surface area contributed by atoms with E-state index in [0.717, 1.165) is 5.56 Å². The monoisotopic (exact) mass is 651 g/mol. The van der Waals surface area contributed by atoms with Gasteiger partial charge in [0, 0.05) is 11.9 Å². The summed E-state index contributed by atoms with van der Waals surface area (Å²) in [5.41, 5.74) is 25.2. The van der Waals surface area contributed by atoms with Gasteiger partial charge < -0.3 is 43.6 Å². The summed E-state index contributed by atoms with van der Waals surface area (Å²) >= 11 is 1.24. The Bertz CT molecular complexity index is 1430. The van der Waals surface area contributed by atoms with Gasteiger partial charge in [-0.15, -0.1) is 11.3 Å². The minimum atomic E-state index is -1.18. The summed E-state index contributed by atoms with van der Waals surface area (Å²) in [7, 11) is 0. The minimum absolute atomic E-state index is 0.0949. The molecule has 0 radical (unpaired) electrons. The second kappa shape index (κ2) is 18.7. The number of hydrogen-bond acceptors (Lipinski definition) is 9. The maximum absolute atomic E-state index is 13.5. The van der Waals surface area contributed by atoms with E-state index in [2.05, 4.69) is 25.9 Å². The smallest absolute Gasteiger partial charge is 0.271 e. The highest BCUT2D eigenvalue weighted by Gasteiger charge is 2.30. The van der Waals surface area contributed by atoms with Gasteiger partial charge in [-0.25, -0.2) is 4.98 Å². The van der Waals surface area contributed by atoms with E-state index in [1.165, 1.54) is 16.8 Å². The van der Waals surface area contributed by atoms with Crippen LogP contribution in [0.5, 0.6) is 5.75 Å². The standard InChI is InChI=1S/C31H41N9O5S/c32-15-5-4-9-23(38-28(42)24(10-6-16-36-31(34)35)39-30(44)25-18-46-19-37-25)29(43)40-26(27(33)41)21-11-13-22(14-12-21)45-17-20-7-2-1-3-8-20/h1-3,7-8,11-14,18-19,23-24,26H,4-6,9-10,15-17,32H2,(H2,33,41)(H,38,42)(H,39,44)(H,40,43)(H4,34,35,36)/t23-,24-,26+/m0/s1. The number of nitrogens with two attached hydrogens (primary N) is 4. The number of amides is 4. The molecule has 1 aromatic heterocycles. The van der Waals surface area contributed by atoms with Crippen LogP contribution < -0.4 is 43.6 Å². The molecule has 246 valence electrons. The third-order valence-electron chi connectivity index (χ3n) is 6.84. The molecule has 14 nitrogen and oxygen atoms in total. The lowest BCUT2D eigenvalue weighted by Gasteiger charge is -2.25.